The second-order valence-electron chi connectivity index (χ2n) is 5.19. The molecule has 1 aromatic carbocycles. The molecule has 1 atom stereocenters. The number of rotatable bonds is 3. The van der Waals surface area contributed by atoms with E-state index in [1.807, 2.05) is 30.3 Å². The lowest BCUT2D eigenvalue weighted by atomic mass is 10.1. The van der Waals surface area contributed by atoms with Gasteiger partial charge >= 0.3 is 0 Å². The van der Waals surface area contributed by atoms with Gasteiger partial charge in [0, 0.05) is 41.4 Å². The Morgan fingerprint density at radius 1 is 1.30 bits per heavy atom. The molecule has 5 nitrogen and oxygen atoms in total. The van der Waals surface area contributed by atoms with E-state index in [1.54, 1.807) is 11.1 Å². The van der Waals surface area contributed by atoms with Crippen LogP contribution >= 0.6 is 27.7 Å². The van der Waals surface area contributed by atoms with Gasteiger partial charge in [-0.3, -0.25) is 14.5 Å². The zero-order valence-electron chi connectivity index (χ0n) is 12.4. The van der Waals surface area contributed by atoms with E-state index >= 15 is 0 Å². The topological polar surface area (TPSA) is 63.2 Å². The molecule has 118 valence electrons. The summed E-state index contributed by atoms with van der Waals surface area (Å²) in [5.41, 5.74) is 1.72. The largest absolute Gasteiger partial charge is 0.288 e. The summed E-state index contributed by atoms with van der Waals surface area (Å²) in [5, 5.41) is -0.00545. The number of anilines is 1. The third-order valence-corrected chi connectivity index (χ3v) is 4.96. The van der Waals surface area contributed by atoms with Gasteiger partial charge in [-0.05, 0) is 18.2 Å². The lowest BCUT2D eigenvalue weighted by Gasteiger charge is -2.14. The van der Waals surface area contributed by atoms with Crippen LogP contribution in [0.3, 0.4) is 0 Å². The van der Waals surface area contributed by atoms with Gasteiger partial charge in [0.25, 0.3) is 0 Å². The zero-order chi connectivity index (χ0) is 16.4. The van der Waals surface area contributed by atoms with Crippen LogP contribution in [0.2, 0.25) is 0 Å². The van der Waals surface area contributed by atoms with Crippen LogP contribution in [0.25, 0.3) is 11.3 Å². The fourth-order valence-corrected chi connectivity index (χ4v) is 3.62. The number of carbonyl (C=O) groups is 2. The van der Waals surface area contributed by atoms with E-state index in [1.165, 1.54) is 18.7 Å². The maximum Gasteiger partial charge on any atom is 0.232 e. The van der Waals surface area contributed by atoms with Gasteiger partial charge in [-0.2, -0.15) is 0 Å². The third-order valence-electron chi connectivity index (χ3n) is 3.45. The number of hydrogen-bond donors (Lipinski definition) is 0. The summed E-state index contributed by atoms with van der Waals surface area (Å²) < 4.78 is 0.995. The number of hydrogen-bond acceptors (Lipinski definition) is 5. The van der Waals surface area contributed by atoms with E-state index in [9.17, 15) is 9.59 Å². The normalized spacial score (nSPS) is 17.6. The summed E-state index contributed by atoms with van der Waals surface area (Å²) in [4.78, 5) is 33.7. The van der Waals surface area contributed by atoms with E-state index in [-0.39, 0.29) is 16.3 Å². The van der Waals surface area contributed by atoms with Crippen molar-refractivity contribution in [2.45, 2.75) is 18.6 Å². The highest BCUT2D eigenvalue weighted by Crippen LogP contribution is 2.28. The number of benzene rings is 1. The summed E-state index contributed by atoms with van der Waals surface area (Å²) >= 11 is 4.61. The smallest absolute Gasteiger partial charge is 0.232 e. The average Bonchev–Trinajstić information content (AvgIpc) is 2.88. The monoisotopic (exact) mass is 391 g/mol. The maximum atomic E-state index is 12.2. The second-order valence-corrected chi connectivity index (χ2v) is 7.58. The van der Waals surface area contributed by atoms with Crippen LogP contribution in [-0.2, 0) is 9.59 Å². The Kier molecular flexibility index (Phi) is 4.77. The van der Waals surface area contributed by atoms with Gasteiger partial charge in [0.1, 0.15) is 0 Å². The molecule has 1 unspecified atom stereocenters. The van der Waals surface area contributed by atoms with Crippen molar-refractivity contribution in [2.75, 3.05) is 11.4 Å². The van der Waals surface area contributed by atoms with Crippen LogP contribution in [0.4, 0.5) is 5.95 Å². The zero-order valence-corrected chi connectivity index (χ0v) is 14.8. The Morgan fingerprint density at radius 3 is 2.74 bits per heavy atom. The summed E-state index contributed by atoms with van der Waals surface area (Å²) in [6, 6.07) is 9.61. The number of amides is 1. The van der Waals surface area contributed by atoms with Crippen LogP contribution in [-0.4, -0.2) is 32.8 Å². The van der Waals surface area contributed by atoms with E-state index in [2.05, 4.69) is 25.9 Å². The van der Waals surface area contributed by atoms with Crippen LogP contribution in [0.1, 0.15) is 13.3 Å². The third kappa shape index (κ3) is 3.79. The molecule has 1 aromatic heterocycles. The van der Waals surface area contributed by atoms with Crippen molar-refractivity contribution in [3.8, 4) is 11.3 Å². The molecule has 0 aliphatic carbocycles. The summed E-state index contributed by atoms with van der Waals surface area (Å²) in [7, 11) is 0. The molecule has 2 aromatic rings. The number of nitrogens with zero attached hydrogens (tertiary/aromatic N) is 3. The number of aromatic nitrogens is 2. The van der Waals surface area contributed by atoms with Gasteiger partial charge in [0.15, 0.2) is 5.12 Å². The fourth-order valence-electron chi connectivity index (χ4n) is 2.44. The second kappa shape index (κ2) is 6.80. The molecular weight excluding hydrogens is 378 g/mol. The molecule has 1 aliphatic heterocycles. The molecule has 1 saturated heterocycles. The molecule has 1 aliphatic rings. The fraction of sp³-hybridized carbons (Fsp3) is 0.250. The van der Waals surface area contributed by atoms with E-state index in [4.69, 9.17) is 0 Å². The molecule has 0 N–H and O–H groups in total. The quantitative estimate of drug-likeness (QED) is 0.802. The highest BCUT2D eigenvalue weighted by atomic mass is 79.9. The summed E-state index contributed by atoms with van der Waals surface area (Å²) in [6.45, 7) is 1.98. The van der Waals surface area contributed by atoms with Crippen molar-refractivity contribution in [2.24, 2.45) is 0 Å². The number of thioether (sulfide) groups is 1. The van der Waals surface area contributed by atoms with Crippen LogP contribution < -0.4 is 4.90 Å². The Hall–Kier alpha value is -1.73. The molecule has 2 heterocycles. The van der Waals surface area contributed by atoms with Gasteiger partial charge < -0.3 is 0 Å². The van der Waals surface area contributed by atoms with E-state index in [0.29, 0.717) is 18.9 Å². The molecule has 0 radical (unpaired) electrons. The van der Waals surface area contributed by atoms with Crippen LogP contribution in [0.5, 0.6) is 0 Å². The van der Waals surface area contributed by atoms with E-state index in [0.717, 1.165) is 15.7 Å². The molecule has 7 heteroatoms. The van der Waals surface area contributed by atoms with Crippen molar-refractivity contribution < 1.29 is 9.59 Å². The Labute approximate surface area is 146 Å². The summed E-state index contributed by atoms with van der Waals surface area (Å²) in [6.07, 6.45) is 1.99. The highest BCUT2D eigenvalue weighted by molar-refractivity contribution is 9.10. The van der Waals surface area contributed by atoms with E-state index < -0.39 is 0 Å². The average molecular weight is 392 g/mol. The first kappa shape index (κ1) is 16.1. The molecule has 1 amide bonds. The minimum absolute atomic E-state index is 0.0224. The molecule has 0 spiro atoms. The van der Waals surface area contributed by atoms with Crippen LogP contribution in [0, 0.1) is 0 Å². The first-order valence-corrected chi connectivity index (χ1v) is 8.77. The summed E-state index contributed by atoms with van der Waals surface area (Å²) in [5.74, 6) is 0.346. The van der Waals surface area contributed by atoms with Crippen LogP contribution in [0.15, 0.2) is 41.0 Å². The number of carbonyl (C=O) groups excluding carboxylic acids is 2. The Morgan fingerprint density at radius 2 is 2.04 bits per heavy atom. The molecule has 23 heavy (non-hydrogen) atoms. The van der Waals surface area contributed by atoms with Gasteiger partial charge in [0.05, 0.1) is 5.69 Å². The van der Waals surface area contributed by atoms with Crippen molar-refractivity contribution in [1.29, 1.82) is 0 Å². The van der Waals surface area contributed by atoms with Crippen molar-refractivity contribution in [3.05, 3.63) is 41.0 Å². The van der Waals surface area contributed by atoms with Gasteiger partial charge in [-0.25, -0.2) is 9.97 Å². The Bertz CT molecular complexity index is 751. The van der Waals surface area contributed by atoms with Gasteiger partial charge in [0.2, 0.25) is 11.9 Å². The number of halogens is 1. The molecular formula is C16H14BrN3O2S. The van der Waals surface area contributed by atoms with Gasteiger partial charge in [-0.15, -0.1) is 0 Å². The molecule has 0 bridgehead atoms. The minimum Gasteiger partial charge on any atom is -0.288 e. The first-order valence-electron chi connectivity index (χ1n) is 7.09. The standard InChI is InChI=1S/C16H14BrN3O2S/c1-10(21)23-13-8-15(22)20(9-13)16-18-7-6-14(19-16)11-2-4-12(17)5-3-11/h2-7,13H,8-9H2,1H3. The molecule has 1 fully saturated rings. The lowest BCUT2D eigenvalue weighted by Crippen LogP contribution is -2.27. The lowest BCUT2D eigenvalue weighted by molar-refractivity contribution is -0.117. The van der Waals surface area contributed by atoms with Crippen molar-refractivity contribution >= 4 is 44.7 Å². The molecule has 0 saturated carbocycles. The predicted molar refractivity (Wildman–Crippen MR) is 94.2 cm³/mol. The minimum atomic E-state index is -0.0447. The maximum absolute atomic E-state index is 12.2. The van der Waals surface area contributed by atoms with Crippen molar-refractivity contribution in [1.82, 2.24) is 9.97 Å². The SMILES string of the molecule is CC(=O)SC1CC(=O)N(c2nccc(-c3ccc(Br)cc3)n2)C1. The first-order chi connectivity index (χ1) is 11.0. The predicted octanol–water partition coefficient (Wildman–Crippen LogP) is 3.29. The highest BCUT2D eigenvalue weighted by Gasteiger charge is 2.33. The van der Waals surface area contributed by atoms with Crippen molar-refractivity contribution in [3.63, 3.8) is 0 Å². The van der Waals surface area contributed by atoms with Gasteiger partial charge in [-0.1, -0.05) is 39.8 Å². The Balaban J connectivity index is 1.84. The molecule has 3 rings (SSSR count).